The van der Waals surface area contributed by atoms with Crippen molar-refractivity contribution < 1.29 is 9.90 Å². The second-order valence-corrected chi connectivity index (χ2v) is 2.46. The van der Waals surface area contributed by atoms with Crippen molar-refractivity contribution in [2.75, 3.05) is 6.54 Å². The number of rotatable bonds is 3. The largest absolute Gasteiger partial charge is 0.384 e. The fourth-order valence-electron chi connectivity index (χ4n) is 0.271. The van der Waals surface area contributed by atoms with Gasteiger partial charge in [0.25, 0.3) is 0 Å². The van der Waals surface area contributed by atoms with E-state index in [2.05, 4.69) is 0 Å². The van der Waals surface area contributed by atoms with Crippen molar-refractivity contribution >= 4 is 26.4 Å². The summed E-state index contributed by atoms with van der Waals surface area (Å²) in [6, 6.07) is 0. The molecule has 0 fully saturated rings. The van der Waals surface area contributed by atoms with Gasteiger partial charge in [-0.25, -0.2) is 0 Å². The maximum atomic E-state index is 10.2. The summed E-state index contributed by atoms with van der Waals surface area (Å²) >= 11 is 1.55. The Morgan fingerprint density at radius 3 is 2.50 bits per heavy atom. The Morgan fingerprint density at radius 2 is 2.38 bits per heavy atom. The second kappa shape index (κ2) is 4.22. The highest BCUT2D eigenvalue weighted by Gasteiger charge is 2.08. The van der Waals surface area contributed by atoms with E-state index in [-0.39, 0.29) is 3.79 Å². The Bertz CT molecular complexity index is 86.1. The van der Waals surface area contributed by atoms with E-state index >= 15 is 0 Å². The monoisotopic (exact) mass is 229 g/mol. The van der Waals surface area contributed by atoms with Gasteiger partial charge in [0.2, 0.25) is 3.79 Å². The summed E-state index contributed by atoms with van der Waals surface area (Å²) in [4.78, 5) is 10.2. The van der Waals surface area contributed by atoms with E-state index in [4.69, 9.17) is 10.8 Å². The Labute approximate surface area is 61.4 Å². The Morgan fingerprint density at radius 1 is 1.88 bits per heavy atom. The molecule has 4 heteroatoms. The normalized spacial score (nSPS) is 13.4. The minimum Gasteiger partial charge on any atom is -0.384 e. The highest BCUT2D eigenvalue weighted by Crippen LogP contribution is 1.96. The molecule has 0 amide bonds. The third-order valence-corrected chi connectivity index (χ3v) is 1.42. The van der Waals surface area contributed by atoms with E-state index in [0.29, 0.717) is 13.0 Å². The number of nitrogens with two attached hydrogens (primary N) is 1. The molecule has 3 N–H and O–H groups in total. The first-order valence-corrected chi connectivity index (χ1v) is 3.34. The van der Waals surface area contributed by atoms with E-state index in [1.54, 1.807) is 22.6 Å². The molecule has 0 rings (SSSR count). The van der Waals surface area contributed by atoms with Crippen LogP contribution in [0.4, 0.5) is 0 Å². The fourth-order valence-corrected chi connectivity index (χ4v) is 0.583. The molecule has 0 bridgehead atoms. The average molecular weight is 229 g/mol. The average Bonchev–Trinajstić information content (AvgIpc) is 1.67. The van der Waals surface area contributed by atoms with Crippen molar-refractivity contribution in [2.45, 2.75) is 12.5 Å². The Balaban J connectivity index is 3.32. The summed E-state index contributed by atoms with van der Waals surface area (Å²) in [6.45, 7) is 0.357. The first kappa shape index (κ1) is 8.32. The fraction of sp³-hybridized carbons (Fsp3) is 0.750. The van der Waals surface area contributed by atoms with Crippen molar-refractivity contribution in [3.63, 3.8) is 0 Å². The first-order valence-electron chi connectivity index (χ1n) is 2.26. The van der Waals surface area contributed by atoms with E-state index < -0.39 is 6.10 Å². The summed E-state index contributed by atoms with van der Waals surface area (Å²) in [5, 5.41) is 8.69. The Kier molecular flexibility index (Phi) is 4.39. The number of hydrogen-bond acceptors (Lipinski definition) is 3. The van der Waals surface area contributed by atoms with Crippen molar-refractivity contribution in [3.05, 3.63) is 0 Å². The van der Waals surface area contributed by atoms with Gasteiger partial charge in [0.05, 0.1) is 0 Å². The second-order valence-electron chi connectivity index (χ2n) is 1.40. The molecule has 1 atom stereocenters. The maximum absolute atomic E-state index is 10.2. The zero-order valence-corrected chi connectivity index (χ0v) is 6.46. The summed E-state index contributed by atoms with van der Waals surface area (Å²) in [6.07, 6.45) is -0.498. The van der Waals surface area contributed by atoms with E-state index in [9.17, 15) is 4.79 Å². The lowest BCUT2D eigenvalue weighted by Crippen LogP contribution is -2.18. The predicted octanol–water partition coefficient (Wildman–Crippen LogP) is -0.342. The van der Waals surface area contributed by atoms with Gasteiger partial charge in [-0.2, -0.15) is 0 Å². The van der Waals surface area contributed by atoms with Gasteiger partial charge in [-0.3, -0.25) is 4.79 Å². The van der Waals surface area contributed by atoms with Gasteiger partial charge in [-0.05, 0) is 13.0 Å². The molecule has 48 valence electrons. The molecule has 0 aliphatic carbocycles. The van der Waals surface area contributed by atoms with Gasteiger partial charge < -0.3 is 10.8 Å². The zero-order valence-electron chi connectivity index (χ0n) is 4.30. The van der Waals surface area contributed by atoms with Gasteiger partial charge >= 0.3 is 0 Å². The van der Waals surface area contributed by atoms with Crippen LogP contribution in [0.1, 0.15) is 6.42 Å². The topological polar surface area (TPSA) is 63.3 Å². The van der Waals surface area contributed by atoms with Crippen molar-refractivity contribution in [2.24, 2.45) is 5.73 Å². The number of carbonyl (C=O) groups is 1. The third-order valence-electron chi connectivity index (χ3n) is 0.702. The highest BCUT2D eigenvalue weighted by molar-refractivity contribution is 14.1. The molecule has 0 spiro atoms. The number of aliphatic hydroxyl groups excluding tert-OH is 1. The smallest absolute Gasteiger partial charge is 0.220 e. The predicted molar refractivity (Wildman–Crippen MR) is 38.7 cm³/mol. The van der Waals surface area contributed by atoms with E-state index in [1.807, 2.05) is 0 Å². The molecule has 0 aromatic heterocycles. The van der Waals surface area contributed by atoms with Crippen LogP contribution in [-0.2, 0) is 4.79 Å². The van der Waals surface area contributed by atoms with Crippen LogP contribution < -0.4 is 5.73 Å². The molecule has 0 aromatic carbocycles. The van der Waals surface area contributed by atoms with Crippen molar-refractivity contribution in [1.29, 1.82) is 0 Å². The van der Waals surface area contributed by atoms with Crippen molar-refractivity contribution in [1.82, 2.24) is 0 Å². The van der Waals surface area contributed by atoms with Crippen LogP contribution >= 0.6 is 22.6 Å². The van der Waals surface area contributed by atoms with Gasteiger partial charge in [0, 0.05) is 22.6 Å². The van der Waals surface area contributed by atoms with Crippen LogP contribution in [0.15, 0.2) is 0 Å². The maximum Gasteiger partial charge on any atom is 0.220 e. The van der Waals surface area contributed by atoms with Crippen LogP contribution in [0, 0.1) is 0 Å². The SMILES string of the molecule is NCC[C@H](O)C(=O)I. The summed E-state index contributed by atoms with van der Waals surface area (Å²) in [5.74, 6) is 0. The minimum atomic E-state index is -0.861. The molecule has 0 aliphatic heterocycles. The third kappa shape index (κ3) is 3.34. The van der Waals surface area contributed by atoms with Gasteiger partial charge in [0.15, 0.2) is 0 Å². The van der Waals surface area contributed by atoms with E-state index in [0.717, 1.165) is 0 Å². The summed E-state index contributed by atoms with van der Waals surface area (Å²) in [5.41, 5.74) is 5.05. The molecular weight excluding hydrogens is 221 g/mol. The number of hydrogen-bond donors (Lipinski definition) is 2. The lowest BCUT2D eigenvalue weighted by molar-refractivity contribution is -0.116. The van der Waals surface area contributed by atoms with Gasteiger partial charge in [-0.1, -0.05) is 0 Å². The Hall–Kier alpha value is 0.320. The summed E-state index contributed by atoms with van der Waals surface area (Å²) < 4.78 is -0.243. The van der Waals surface area contributed by atoms with E-state index in [1.165, 1.54) is 0 Å². The highest BCUT2D eigenvalue weighted by atomic mass is 127. The molecule has 3 nitrogen and oxygen atoms in total. The quantitative estimate of drug-likeness (QED) is 0.514. The minimum absolute atomic E-state index is 0.243. The lowest BCUT2D eigenvalue weighted by Gasteiger charge is -1.99. The van der Waals surface area contributed by atoms with Crippen molar-refractivity contribution in [3.8, 4) is 0 Å². The molecule has 0 radical (unpaired) electrons. The number of carbonyl (C=O) groups excluding carboxylic acids is 1. The number of aliphatic hydroxyl groups is 1. The molecule has 0 aliphatic rings. The molecule has 0 unspecified atom stereocenters. The molecule has 0 saturated heterocycles. The molecular formula is C4H8INO2. The van der Waals surface area contributed by atoms with Gasteiger partial charge in [-0.15, -0.1) is 0 Å². The van der Waals surface area contributed by atoms with Crippen LogP contribution in [0.25, 0.3) is 0 Å². The van der Waals surface area contributed by atoms with Crippen LogP contribution in [0.3, 0.4) is 0 Å². The molecule has 0 aromatic rings. The van der Waals surface area contributed by atoms with Gasteiger partial charge in [0.1, 0.15) is 6.10 Å². The molecule has 8 heavy (non-hydrogen) atoms. The number of halogens is 1. The molecule has 0 saturated carbocycles. The zero-order chi connectivity index (χ0) is 6.57. The van der Waals surface area contributed by atoms with Crippen LogP contribution in [0.5, 0.6) is 0 Å². The lowest BCUT2D eigenvalue weighted by atomic mass is 10.3. The van der Waals surface area contributed by atoms with Crippen LogP contribution in [-0.4, -0.2) is 21.5 Å². The standard InChI is InChI=1S/C4H8INO2/c5-4(8)3(7)1-2-6/h3,7H,1-2,6H2/t3-/m0/s1. The summed E-state index contributed by atoms with van der Waals surface area (Å²) in [7, 11) is 0. The van der Waals surface area contributed by atoms with Crippen LogP contribution in [0.2, 0.25) is 0 Å². The first-order chi connectivity index (χ1) is 3.68. The molecule has 0 heterocycles.